The lowest BCUT2D eigenvalue weighted by atomic mass is 9.64. The van der Waals surface area contributed by atoms with Crippen molar-refractivity contribution < 1.29 is 4.79 Å². The maximum atomic E-state index is 12.9. The van der Waals surface area contributed by atoms with Gasteiger partial charge in [-0.1, -0.05) is 68.1 Å². The zero-order valence-electron chi connectivity index (χ0n) is 14.5. The molecule has 0 aliphatic carbocycles. The molecule has 3 rings (SSSR count). The number of nitrogens with two attached hydrogens (primary N) is 1. The van der Waals surface area contributed by atoms with Gasteiger partial charge in [-0.15, -0.1) is 0 Å². The Balaban J connectivity index is 0.00000225. The van der Waals surface area contributed by atoms with Gasteiger partial charge in [0.25, 0.3) is 0 Å². The average molecular weight is 338 g/mol. The van der Waals surface area contributed by atoms with E-state index in [-0.39, 0.29) is 19.3 Å². The second-order valence-corrected chi connectivity index (χ2v) is 6.98. The Morgan fingerprint density at radius 3 is 1.88 bits per heavy atom. The molecule has 0 aromatic heterocycles. The highest BCUT2D eigenvalue weighted by atomic mass is 16.1. The molecule has 1 unspecified atom stereocenters. The lowest BCUT2D eigenvalue weighted by Crippen LogP contribution is -2.49. The van der Waals surface area contributed by atoms with Gasteiger partial charge < -0.3 is 10.6 Å². The van der Waals surface area contributed by atoms with Crippen LogP contribution in [0.3, 0.4) is 0 Å². The monoisotopic (exact) mass is 338 g/mol. The summed E-state index contributed by atoms with van der Waals surface area (Å²) in [5.74, 6) is -0.0716. The summed E-state index contributed by atoms with van der Waals surface area (Å²) in [6, 6.07) is 20.6. The van der Waals surface area contributed by atoms with Gasteiger partial charge in [0.15, 0.2) is 0 Å². The Bertz CT molecular complexity index is 642. The van der Waals surface area contributed by atoms with Crippen LogP contribution in [0.4, 0.5) is 0 Å². The lowest BCUT2D eigenvalue weighted by molar-refractivity contribution is -0.123. The highest BCUT2D eigenvalue weighted by Crippen LogP contribution is 2.43. The van der Waals surface area contributed by atoms with Crippen LogP contribution >= 0.6 is 0 Å². The molecule has 25 heavy (non-hydrogen) atoms. The molecule has 1 fully saturated rings. The molecule has 2 aromatic rings. The molecule has 1 saturated heterocycles. The van der Waals surface area contributed by atoms with E-state index in [9.17, 15) is 4.79 Å². The fourth-order valence-electron chi connectivity index (χ4n) is 4.14. The van der Waals surface area contributed by atoms with Crippen LogP contribution in [0.5, 0.6) is 0 Å². The standard InChI is InChI=1S/C21H26N2O.CH4/c1-16(2)23-14-13-19(15-23)21(20(22)24,17-9-5-3-6-10-17)18-11-7-4-8-12-18;/h3-12,16,19H,13-15H2,1-2H3,(H2,22,24);1H4. The minimum Gasteiger partial charge on any atom is -0.369 e. The summed E-state index contributed by atoms with van der Waals surface area (Å²) >= 11 is 0. The summed E-state index contributed by atoms with van der Waals surface area (Å²) in [6.45, 7) is 6.32. The van der Waals surface area contributed by atoms with E-state index in [1.165, 1.54) is 0 Å². The first-order valence-corrected chi connectivity index (χ1v) is 8.71. The highest BCUT2D eigenvalue weighted by Gasteiger charge is 2.49. The van der Waals surface area contributed by atoms with Crippen molar-refractivity contribution in [2.24, 2.45) is 11.7 Å². The van der Waals surface area contributed by atoms with Gasteiger partial charge in [-0.25, -0.2) is 0 Å². The summed E-state index contributed by atoms with van der Waals surface area (Å²) in [5, 5.41) is 0. The van der Waals surface area contributed by atoms with Crippen LogP contribution in [0.1, 0.15) is 38.8 Å². The first-order valence-electron chi connectivity index (χ1n) is 8.71. The topological polar surface area (TPSA) is 46.3 Å². The number of carbonyl (C=O) groups is 1. The normalized spacial score (nSPS) is 18.1. The van der Waals surface area contributed by atoms with Crippen LogP contribution < -0.4 is 5.73 Å². The quantitative estimate of drug-likeness (QED) is 0.901. The Labute approximate surface area is 151 Å². The van der Waals surface area contributed by atoms with Gasteiger partial charge in [0, 0.05) is 12.6 Å². The third kappa shape index (κ3) is 3.34. The molecule has 1 aliphatic rings. The average Bonchev–Trinajstić information content (AvgIpc) is 3.08. The first-order chi connectivity index (χ1) is 11.6. The second kappa shape index (κ2) is 7.83. The third-order valence-corrected chi connectivity index (χ3v) is 5.41. The van der Waals surface area contributed by atoms with Gasteiger partial charge in [-0.05, 0) is 43.9 Å². The number of primary amides is 1. The number of carbonyl (C=O) groups excluding carboxylic acids is 1. The molecule has 1 heterocycles. The Morgan fingerprint density at radius 2 is 1.52 bits per heavy atom. The van der Waals surface area contributed by atoms with Gasteiger partial charge in [-0.2, -0.15) is 0 Å². The van der Waals surface area contributed by atoms with Gasteiger partial charge in [0.2, 0.25) is 5.91 Å². The van der Waals surface area contributed by atoms with E-state index in [1.54, 1.807) is 0 Å². The molecule has 3 heteroatoms. The Morgan fingerprint density at radius 1 is 1.04 bits per heavy atom. The van der Waals surface area contributed by atoms with Crippen LogP contribution in [0.25, 0.3) is 0 Å². The molecule has 0 radical (unpaired) electrons. The summed E-state index contributed by atoms with van der Waals surface area (Å²) < 4.78 is 0. The third-order valence-electron chi connectivity index (χ3n) is 5.41. The predicted octanol–water partition coefficient (Wildman–Crippen LogP) is 3.82. The molecular weight excluding hydrogens is 308 g/mol. The number of likely N-dealkylation sites (tertiary alicyclic amines) is 1. The molecule has 0 bridgehead atoms. The van der Waals surface area contributed by atoms with Crippen LogP contribution in [0.15, 0.2) is 60.7 Å². The van der Waals surface area contributed by atoms with Gasteiger partial charge in [0.05, 0.1) is 0 Å². The van der Waals surface area contributed by atoms with Crippen molar-refractivity contribution in [3.63, 3.8) is 0 Å². The molecule has 0 saturated carbocycles. The van der Waals surface area contributed by atoms with E-state index in [1.807, 2.05) is 60.7 Å². The van der Waals surface area contributed by atoms with E-state index in [0.717, 1.165) is 30.6 Å². The number of hydrogen-bond donors (Lipinski definition) is 1. The maximum absolute atomic E-state index is 12.9. The van der Waals surface area contributed by atoms with E-state index >= 15 is 0 Å². The zero-order chi connectivity index (χ0) is 17.2. The Kier molecular flexibility index (Phi) is 6.02. The van der Waals surface area contributed by atoms with Crippen LogP contribution in [0, 0.1) is 5.92 Å². The van der Waals surface area contributed by atoms with Gasteiger partial charge in [-0.3, -0.25) is 4.79 Å². The summed E-state index contributed by atoms with van der Waals surface area (Å²) in [5.41, 5.74) is 7.31. The van der Waals surface area contributed by atoms with Crippen LogP contribution in [-0.4, -0.2) is 29.9 Å². The maximum Gasteiger partial charge on any atom is 0.232 e. The molecule has 134 valence electrons. The van der Waals surface area contributed by atoms with E-state index in [4.69, 9.17) is 5.73 Å². The lowest BCUT2D eigenvalue weighted by Gasteiger charge is -2.38. The SMILES string of the molecule is C.CC(C)N1CCC(C(C(N)=O)(c2ccccc2)c2ccccc2)C1. The van der Waals surface area contributed by atoms with Crippen molar-refractivity contribution >= 4 is 5.91 Å². The number of benzene rings is 2. The van der Waals surface area contributed by atoms with Crippen molar-refractivity contribution in [1.29, 1.82) is 0 Å². The van der Waals surface area contributed by atoms with E-state index in [0.29, 0.717) is 6.04 Å². The summed E-state index contributed by atoms with van der Waals surface area (Å²) in [4.78, 5) is 15.3. The van der Waals surface area contributed by atoms with E-state index < -0.39 is 5.41 Å². The molecule has 2 aromatic carbocycles. The highest BCUT2D eigenvalue weighted by molar-refractivity contribution is 5.91. The van der Waals surface area contributed by atoms with Gasteiger partial charge >= 0.3 is 0 Å². The van der Waals surface area contributed by atoms with Gasteiger partial charge in [0.1, 0.15) is 5.41 Å². The fourth-order valence-corrected chi connectivity index (χ4v) is 4.14. The molecule has 3 nitrogen and oxygen atoms in total. The number of nitrogens with zero attached hydrogens (tertiary/aromatic N) is 1. The molecule has 0 spiro atoms. The largest absolute Gasteiger partial charge is 0.369 e. The van der Waals surface area contributed by atoms with Crippen molar-refractivity contribution in [3.05, 3.63) is 71.8 Å². The fraction of sp³-hybridized carbons (Fsp3) is 0.409. The second-order valence-electron chi connectivity index (χ2n) is 6.98. The minimum atomic E-state index is -0.772. The molecule has 1 atom stereocenters. The van der Waals surface area contributed by atoms with Crippen molar-refractivity contribution in [2.45, 2.75) is 39.2 Å². The smallest absolute Gasteiger partial charge is 0.232 e. The molecular formula is C22H30N2O. The molecule has 2 N–H and O–H groups in total. The minimum absolute atomic E-state index is 0. The van der Waals surface area contributed by atoms with Crippen molar-refractivity contribution in [3.8, 4) is 0 Å². The van der Waals surface area contributed by atoms with E-state index in [2.05, 4.69) is 18.7 Å². The van der Waals surface area contributed by atoms with Crippen molar-refractivity contribution in [2.75, 3.05) is 13.1 Å². The van der Waals surface area contributed by atoms with Crippen LogP contribution in [0.2, 0.25) is 0 Å². The molecule has 1 aliphatic heterocycles. The number of rotatable bonds is 5. The predicted molar refractivity (Wildman–Crippen MR) is 104 cm³/mol. The van der Waals surface area contributed by atoms with Crippen LogP contribution in [-0.2, 0) is 10.2 Å². The molecule has 1 amide bonds. The first kappa shape index (κ1) is 19.2. The summed E-state index contributed by atoms with van der Waals surface area (Å²) in [7, 11) is 0. The number of amides is 1. The Hall–Kier alpha value is -2.13. The summed E-state index contributed by atoms with van der Waals surface area (Å²) in [6.07, 6.45) is 0.977. The van der Waals surface area contributed by atoms with Crippen molar-refractivity contribution in [1.82, 2.24) is 4.90 Å². The zero-order valence-corrected chi connectivity index (χ0v) is 14.5. The number of hydrogen-bond acceptors (Lipinski definition) is 2.